The third-order valence-corrected chi connectivity index (χ3v) is 2.25. The van der Waals surface area contributed by atoms with Gasteiger partial charge < -0.3 is 4.74 Å². The van der Waals surface area contributed by atoms with Gasteiger partial charge in [-0.1, -0.05) is 18.5 Å². The lowest BCUT2D eigenvalue weighted by Crippen LogP contribution is -2.43. The molecule has 1 aliphatic rings. The number of rotatable bonds is 2. The van der Waals surface area contributed by atoms with Crippen LogP contribution in [0.15, 0.2) is 12.3 Å². The van der Waals surface area contributed by atoms with Crippen LogP contribution in [-0.4, -0.2) is 23.0 Å². The Bertz CT molecular complexity index is 280. The molecule has 66 valence electrons. The van der Waals surface area contributed by atoms with Crippen LogP contribution >= 0.6 is 11.6 Å². The fourth-order valence-corrected chi connectivity index (χ4v) is 1.51. The molecule has 0 spiro atoms. The molecular weight excluding hydrogens is 176 g/mol. The first-order valence-electron chi connectivity index (χ1n) is 3.95. The predicted molar refractivity (Wildman–Crippen MR) is 46.2 cm³/mol. The van der Waals surface area contributed by atoms with Gasteiger partial charge in [-0.3, -0.25) is 4.68 Å². The molecule has 1 saturated heterocycles. The Morgan fingerprint density at radius 3 is 2.92 bits per heavy atom. The minimum Gasteiger partial charge on any atom is -0.380 e. The van der Waals surface area contributed by atoms with E-state index in [1.807, 2.05) is 10.9 Å². The van der Waals surface area contributed by atoms with E-state index in [0.29, 0.717) is 5.15 Å². The largest absolute Gasteiger partial charge is 0.380 e. The van der Waals surface area contributed by atoms with Crippen LogP contribution in [0, 0.1) is 5.41 Å². The highest BCUT2D eigenvalue weighted by atomic mass is 35.5. The Morgan fingerprint density at radius 1 is 1.75 bits per heavy atom. The van der Waals surface area contributed by atoms with Crippen molar-refractivity contribution < 1.29 is 4.74 Å². The second kappa shape index (κ2) is 2.75. The average molecular weight is 187 g/mol. The Kier molecular flexibility index (Phi) is 1.85. The molecule has 3 nitrogen and oxygen atoms in total. The number of ether oxygens (including phenoxy) is 1. The highest BCUT2D eigenvalue weighted by Gasteiger charge is 2.33. The molecule has 0 amide bonds. The SMILES string of the molecule is CC1(Cn2ccc(Cl)n2)COC1. The van der Waals surface area contributed by atoms with Crippen LogP contribution in [0.2, 0.25) is 5.15 Å². The van der Waals surface area contributed by atoms with Gasteiger partial charge in [-0.2, -0.15) is 5.10 Å². The zero-order valence-electron chi connectivity index (χ0n) is 6.96. The van der Waals surface area contributed by atoms with Crippen molar-refractivity contribution in [2.75, 3.05) is 13.2 Å². The minimum atomic E-state index is 0.259. The Morgan fingerprint density at radius 2 is 2.50 bits per heavy atom. The Hall–Kier alpha value is -0.540. The van der Waals surface area contributed by atoms with Gasteiger partial charge in [0.1, 0.15) is 0 Å². The van der Waals surface area contributed by atoms with Crippen LogP contribution in [0.3, 0.4) is 0 Å². The first-order chi connectivity index (χ1) is 5.68. The smallest absolute Gasteiger partial charge is 0.151 e. The van der Waals surface area contributed by atoms with E-state index < -0.39 is 0 Å². The van der Waals surface area contributed by atoms with E-state index in [0.717, 1.165) is 19.8 Å². The van der Waals surface area contributed by atoms with Gasteiger partial charge in [0, 0.05) is 11.6 Å². The summed E-state index contributed by atoms with van der Waals surface area (Å²) in [6.07, 6.45) is 1.89. The highest BCUT2D eigenvalue weighted by molar-refractivity contribution is 6.29. The maximum Gasteiger partial charge on any atom is 0.151 e. The topological polar surface area (TPSA) is 27.1 Å². The van der Waals surface area contributed by atoms with Crippen LogP contribution < -0.4 is 0 Å². The highest BCUT2D eigenvalue weighted by Crippen LogP contribution is 2.28. The molecule has 0 saturated carbocycles. The molecule has 0 radical (unpaired) electrons. The van der Waals surface area contributed by atoms with Crippen molar-refractivity contribution in [3.63, 3.8) is 0 Å². The standard InChI is InChI=1S/C8H11ClN2O/c1-8(5-12-6-8)4-11-3-2-7(9)10-11/h2-3H,4-6H2,1H3. The lowest BCUT2D eigenvalue weighted by Gasteiger charge is -2.37. The predicted octanol–water partition coefficient (Wildman–Crippen LogP) is 1.57. The van der Waals surface area contributed by atoms with E-state index in [4.69, 9.17) is 16.3 Å². The van der Waals surface area contributed by atoms with Gasteiger partial charge in [-0.15, -0.1) is 0 Å². The molecule has 4 heteroatoms. The molecule has 1 aromatic rings. The fraction of sp³-hybridized carbons (Fsp3) is 0.625. The van der Waals surface area contributed by atoms with Crippen LogP contribution in [-0.2, 0) is 11.3 Å². The van der Waals surface area contributed by atoms with Crippen LogP contribution in [0.25, 0.3) is 0 Å². The molecule has 0 bridgehead atoms. The zero-order valence-corrected chi connectivity index (χ0v) is 7.71. The van der Waals surface area contributed by atoms with Gasteiger partial charge in [0.05, 0.1) is 19.8 Å². The van der Waals surface area contributed by atoms with Gasteiger partial charge in [0.2, 0.25) is 0 Å². The second-order valence-corrected chi connectivity index (χ2v) is 4.03. The van der Waals surface area contributed by atoms with Crippen molar-refractivity contribution in [3.05, 3.63) is 17.4 Å². The molecule has 1 aliphatic heterocycles. The van der Waals surface area contributed by atoms with E-state index in [-0.39, 0.29) is 5.41 Å². The van der Waals surface area contributed by atoms with E-state index in [1.54, 1.807) is 6.07 Å². The quantitative estimate of drug-likeness (QED) is 0.701. The van der Waals surface area contributed by atoms with E-state index in [9.17, 15) is 0 Å². The first-order valence-corrected chi connectivity index (χ1v) is 4.32. The molecule has 0 atom stereocenters. The molecule has 0 N–H and O–H groups in total. The number of halogens is 1. The van der Waals surface area contributed by atoms with Crippen molar-refractivity contribution in [2.24, 2.45) is 5.41 Å². The number of hydrogen-bond donors (Lipinski definition) is 0. The third-order valence-electron chi connectivity index (χ3n) is 2.05. The molecule has 2 heterocycles. The molecule has 0 aliphatic carbocycles. The normalized spacial score (nSPS) is 20.5. The van der Waals surface area contributed by atoms with Crippen LogP contribution in [0.4, 0.5) is 0 Å². The van der Waals surface area contributed by atoms with Gasteiger partial charge in [-0.05, 0) is 6.07 Å². The van der Waals surface area contributed by atoms with E-state index in [2.05, 4.69) is 12.0 Å². The lowest BCUT2D eigenvalue weighted by atomic mass is 9.89. The maximum absolute atomic E-state index is 5.69. The van der Waals surface area contributed by atoms with Gasteiger partial charge in [0.15, 0.2) is 5.15 Å². The molecule has 1 fully saturated rings. The van der Waals surface area contributed by atoms with E-state index in [1.165, 1.54) is 0 Å². The van der Waals surface area contributed by atoms with Crippen LogP contribution in [0.1, 0.15) is 6.92 Å². The summed E-state index contributed by atoms with van der Waals surface area (Å²) < 4.78 is 7.01. The summed E-state index contributed by atoms with van der Waals surface area (Å²) in [5, 5.41) is 4.66. The molecule has 0 unspecified atom stereocenters. The number of nitrogens with zero attached hydrogens (tertiary/aromatic N) is 2. The molecule has 1 aromatic heterocycles. The summed E-state index contributed by atoms with van der Waals surface area (Å²) in [5.74, 6) is 0. The maximum atomic E-state index is 5.69. The summed E-state index contributed by atoms with van der Waals surface area (Å²) >= 11 is 5.69. The monoisotopic (exact) mass is 186 g/mol. The molecular formula is C8H11ClN2O. The molecule has 12 heavy (non-hydrogen) atoms. The first kappa shape index (κ1) is 8.08. The minimum absolute atomic E-state index is 0.259. The van der Waals surface area contributed by atoms with Crippen molar-refractivity contribution in [3.8, 4) is 0 Å². The van der Waals surface area contributed by atoms with Crippen molar-refractivity contribution in [2.45, 2.75) is 13.5 Å². The van der Waals surface area contributed by atoms with Crippen molar-refractivity contribution in [1.29, 1.82) is 0 Å². The number of hydrogen-bond acceptors (Lipinski definition) is 2. The third kappa shape index (κ3) is 1.47. The van der Waals surface area contributed by atoms with Gasteiger partial charge >= 0.3 is 0 Å². The fourth-order valence-electron chi connectivity index (χ4n) is 1.36. The summed E-state index contributed by atoms with van der Waals surface area (Å²) in [7, 11) is 0. The van der Waals surface area contributed by atoms with Crippen molar-refractivity contribution in [1.82, 2.24) is 9.78 Å². The average Bonchev–Trinajstić information content (AvgIpc) is 2.32. The summed E-state index contributed by atoms with van der Waals surface area (Å²) in [6.45, 7) is 4.72. The Balaban J connectivity index is 2.03. The summed E-state index contributed by atoms with van der Waals surface area (Å²) in [5.41, 5.74) is 0.259. The second-order valence-electron chi connectivity index (χ2n) is 3.64. The Labute approximate surface area is 76.3 Å². The van der Waals surface area contributed by atoms with E-state index >= 15 is 0 Å². The summed E-state index contributed by atoms with van der Waals surface area (Å²) in [4.78, 5) is 0. The van der Waals surface area contributed by atoms with Crippen molar-refractivity contribution >= 4 is 11.6 Å². The molecule has 2 rings (SSSR count). The summed E-state index contributed by atoms with van der Waals surface area (Å²) in [6, 6.07) is 1.80. The van der Waals surface area contributed by atoms with Gasteiger partial charge in [-0.25, -0.2) is 0 Å². The molecule has 0 aromatic carbocycles. The van der Waals surface area contributed by atoms with Gasteiger partial charge in [0.25, 0.3) is 0 Å². The lowest BCUT2D eigenvalue weighted by molar-refractivity contribution is -0.111. The zero-order chi connectivity index (χ0) is 8.60. The number of aromatic nitrogens is 2. The van der Waals surface area contributed by atoms with Crippen LogP contribution in [0.5, 0.6) is 0 Å².